The fourth-order valence-electron chi connectivity index (χ4n) is 2.36. The first-order valence-corrected chi connectivity index (χ1v) is 7.09. The van der Waals surface area contributed by atoms with Gasteiger partial charge in [-0.1, -0.05) is 29.8 Å². The van der Waals surface area contributed by atoms with E-state index in [9.17, 15) is 0 Å². The van der Waals surface area contributed by atoms with E-state index in [1.807, 2.05) is 0 Å². The molecule has 1 aliphatic rings. The first-order chi connectivity index (χ1) is 9.79. The first kappa shape index (κ1) is 13.3. The van der Waals surface area contributed by atoms with Crippen LogP contribution in [0.25, 0.3) is 0 Å². The molecule has 1 saturated heterocycles. The summed E-state index contributed by atoms with van der Waals surface area (Å²) in [6.07, 6.45) is 0.703. The third-order valence-electron chi connectivity index (χ3n) is 3.55. The molecule has 1 N–H and O–H groups in total. The molecule has 0 aliphatic carbocycles. The van der Waals surface area contributed by atoms with Crippen LogP contribution in [-0.2, 0) is 13.0 Å². The Labute approximate surface area is 119 Å². The van der Waals surface area contributed by atoms with Crippen molar-refractivity contribution in [3.05, 3.63) is 47.2 Å². The van der Waals surface area contributed by atoms with Crippen molar-refractivity contribution in [1.29, 1.82) is 0 Å². The zero-order chi connectivity index (χ0) is 13.8. The molecule has 2 heterocycles. The van der Waals surface area contributed by atoms with E-state index < -0.39 is 0 Å². The second kappa shape index (κ2) is 6.15. The van der Waals surface area contributed by atoms with Crippen LogP contribution in [0.2, 0.25) is 0 Å². The van der Waals surface area contributed by atoms with Crippen LogP contribution in [0.15, 0.2) is 28.7 Å². The number of aromatic nitrogens is 2. The summed E-state index contributed by atoms with van der Waals surface area (Å²) in [5, 5.41) is 11.6. The molecule has 2 aromatic rings. The van der Waals surface area contributed by atoms with Crippen LogP contribution in [0.3, 0.4) is 0 Å². The van der Waals surface area contributed by atoms with Gasteiger partial charge in [-0.15, -0.1) is 10.2 Å². The van der Waals surface area contributed by atoms with Crippen LogP contribution in [0.1, 0.15) is 22.9 Å². The summed E-state index contributed by atoms with van der Waals surface area (Å²) >= 11 is 0. The monoisotopic (exact) mass is 272 g/mol. The summed E-state index contributed by atoms with van der Waals surface area (Å²) < 4.78 is 5.74. The second-order valence-corrected chi connectivity index (χ2v) is 5.28. The van der Waals surface area contributed by atoms with Gasteiger partial charge in [0.05, 0.1) is 13.0 Å². The van der Waals surface area contributed by atoms with Crippen molar-refractivity contribution >= 4 is 0 Å². The lowest BCUT2D eigenvalue weighted by atomic mass is 10.1. The van der Waals surface area contributed by atoms with Gasteiger partial charge in [0.2, 0.25) is 11.8 Å². The van der Waals surface area contributed by atoms with Crippen molar-refractivity contribution in [3.63, 3.8) is 0 Å². The van der Waals surface area contributed by atoms with E-state index in [4.69, 9.17) is 4.42 Å². The van der Waals surface area contributed by atoms with Crippen LogP contribution < -0.4 is 5.32 Å². The maximum atomic E-state index is 5.74. The van der Waals surface area contributed by atoms with E-state index in [0.717, 1.165) is 32.7 Å². The topological polar surface area (TPSA) is 54.2 Å². The molecule has 0 radical (unpaired) electrons. The number of piperazine rings is 1. The van der Waals surface area contributed by atoms with Crippen molar-refractivity contribution in [2.75, 3.05) is 26.2 Å². The van der Waals surface area contributed by atoms with Gasteiger partial charge in [0.15, 0.2) is 0 Å². The van der Waals surface area contributed by atoms with Crippen molar-refractivity contribution in [2.45, 2.75) is 19.9 Å². The maximum Gasteiger partial charge on any atom is 0.230 e. The predicted octanol–water partition coefficient (Wildman–Crippen LogP) is 1.37. The average Bonchev–Trinajstić information content (AvgIpc) is 2.90. The molecule has 0 bridgehead atoms. The molecule has 0 atom stereocenters. The summed E-state index contributed by atoms with van der Waals surface area (Å²) in [5.41, 5.74) is 2.46. The molecule has 0 saturated carbocycles. The third-order valence-corrected chi connectivity index (χ3v) is 3.55. The molecule has 1 aliphatic heterocycles. The number of nitrogens with zero attached hydrogens (tertiary/aromatic N) is 3. The van der Waals surface area contributed by atoms with Gasteiger partial charge in [-0.3, -0.25) is 4.90 Å². The molecular formula is C15H20N4O. The maximum absolute atomic E-state index is 5.74. The Balaban J connectivity index is 1.60. The standard InChI is InChI=1S/C15H20N4O/c1-12-2-4-13(5-3-12)10-14-17-18-15(20-14)11-19-8-6-16-7-9-19/h2-5,16H,6-11H2,1H3. The van der Waals surface area contributed by atoms with Gasteiger partial charge in [-0.25, -0.2) is 0 Å². The smallest absolute Gasteiger partial charge is 0.230 e. The summed E-state index contributed by atoms with van der Waals surface area (Å²) in [5.74, 6) is 1.41. The van der Waals surface area contributed by atoms with E-state index in [1.165, 1.54) is 11.1 Å². The minimum absolute atomic E-state index is 0.694. The highest BCUT2D eigenvalue weighted by Gasteiger charge is 2.14. The second-order valence-electron chi connectivity index (χ2n) is 5.28. The van der Waals surface area contributed by atoms with Gasteiger partial charge < -0.3 is 9.73 Å². The highest BCUT2D eigenvalue weighted by molar-refractivity contribution is 5.23. The lowest BCUT2D eigenvalue weighted by Gasteiger charge is -2.25. The number of benzene rings is 1. The van der Waals surface area contributed by atoms with Gasteiger partial charge in [0.1, 0.15) is 0 Å². The average molecular weight is 272 g/mol. The Morgan fingerprint density at radius 2 is 1.80 bits per heavy atom. The highest BCUT2D eigenvalue weighted by Crippen LogP contribution is 2.11. The molecule has 0 unspecified atom stereocenters. The van der Waals surface area contributed by atoms with Crippen molar-refractivity contribution in [2.24, 2.45) is 0 Å². The van der Waals surface area contributed by atoms with E-state index >= 15 is 0 Å². The van der Waals surface area contributed by atoms with E-state index in [1.54, 1.807) is 0 Å². The SMILES string of the molecule is Cc1ccc(Cc2nnc(CN3CCNCC3)o2)cc1. The van der Waals surface area contributed by atoms with Gasteiger partial charge in [-0.2, -0.15) is 0 Å². The van der Waals surface area contributed by atoms with Crippen LogP contribution in [0.5, 0.6) is 0 Å². The molecule has 1 fully saturated rings. The lowest BCUT2D eigenvalue weighted by molar-refractivity contribution is 0.211. The number of aryl methyl sites for hydroxylation is 1. The number of hydrogen-bond acceptors (Lipinski definition) is 5. The Hall–Kier alpha value is -1.72. The minimum atomic E-state index is 0.694. The highest BCUT2D eigenvalue weighted by atomic mass is 16.4. The molecule has 1 aromatic heterocycles. The third kappa shape index (κ3) is 3.43. The number of nitrogens with one attached hydrogen (secondary N) is 1. The Kier molecular flexibility index (Phi) is 4.08. The zero-order valence-corrected chi connectivity index (χ0v) is 11.8. The Morgan fingerprint density at radius 1 is 1.10 bits per heavy atom. The van der Waals surface area contributed by atoms with E-state index in [-0.39, 0.29) is 0 Å². The van der Waals surface area contributed by atoms with Crippen LogP contribution in [0, 0.1) is 6.92 Å². The molecule has 3 rings (SSSR count). The lowest BCUT2D eigenvalue weighted by Crippen LogP contribution is -2.42. The van der Waals surface area contributed by atoms with E-state index in [2.05, 4.69) is 51.6 Å². The molecule has 0 spiro atoms. The van der Waals surface area contributed by atoms with Crippen molar-refractivity contribution < 1.29 is 4.42 Å². The van der Waals surface area contributed by atoms with Crippen molar-refractivity contribution in [1.82, 2.24) is 20.4 Å². The summed E-state index contributed by atoms with van der Waals surface area (Å²) in [6.45, 7) is 6.98. The first-order valence-electron chi connectivity index (χ1n) is 7.09. The van der Waals surface area contributed by atoms with E-state index in [0.29, 0.717) is 18.2 Å². The molecular weight excluding hydrogens is 252 g/mol. The van der Waals surface area contributed by atoms with Gasteiger partial charge in [0, 0.05) is 26.2 Å². The van der Waals surface area contributed by atoms with Gasteiger partial charge in [0.25, 0.3) is 0 Å². The molecule has 20 heavy (non-hydrogen) atoms. The largest absolute Gasteiger partial charge is 0.424 e. The van der Waals surface area contributed by atoms with Crippen LogP contribution >= 0.6 is 0 Å². The Bertz CT molecular complexity index is 543. The zero-order valence-electron chi connectivity index (χ0n) is 11.8. The number of rotatable bonds is 4. The summed E-state index contributed by atoms with van der Waals surface area (Å²) in [6, 6.07) is 8.42. The molecule has 5 nitrogen and oxygen atoms in total. The van der Waals surface area contributed by atoms with Crippen LogP contribution in [0.4, 0.5) is 0 Å². The summed E-state index contributed by atoms with van der Waals surface area (Å²) in [7, 11) is 0. The fourth-order valence-corrected chi connectivity index (χ4v) is 2.36. The normalized spacial score (nSPS) is 16.4. The van der Waals surface area contributed by atoms with Gasteiger partial charge in [-0.05, 0) is 12.5 Å². The fraction of sp³-hybridized carbons (Fsp3) is 0.467. The Morgan fingerprint density at radius 3 is 2.55 bits per heavy atom. The molecule has 5 heteroatoms. The predicted molar refractivity (Wildman–Crippen MR) is 76.4 cm³/mol. The molecule has 0 amide bonds. The van der Waals surface area contributed by atoms with Crippen LogP contribution in [-0.4, -0.2) is 41.3 Å². The number of hydrogen-bond donors (Lipinski definition) is 1. The molecule has 1 aromatic carbocycles. The van der Waals surface area contributed by atoms with Gasteiger partial charge >= 0.3 is 0 Å². The summed E-state index contributed by atoms with van der Waals surface area (Å²) in [4.78, 5) is 2.33. The quantitative estimate of drug-likeness (QED) is 0.911. The molecule has 106 valence electrons. The van der Waals surface area contributed by atoms with Crippen molar-refractivity contribution in [3.8, 4) is 0 Å². The minimum Gasteiger partial charge on any atom is -0.424 e.